The molecule has 1 aromatic heterocycles. The molecule has 1 fully saturated rings. The third kappa shape index (κ3) is 2.58. The van der Waals surface area contributed by atoms with Gasteiger partial charge < -0.3 is 9.88 Å². The van der Waals surface area contributed by atoms with E-state index in [1.54, 1.807) is 0 Å². The van der Waals surface area contributed by atoms with Crippen LogP contribution in [-0.4, -0.2) is 39.6 Å². The molecule has 4 heteroatoms. The van der Waals surface area contributed by atoms with Gasteiger partial charge >= 0.3 is 0 Å². The molecule has 0 saturated carbocycles. The normalized spacial score (nSPS) is 28.2. The first-order valence-electron chi connectivity index (χ1n) is 5.59. The molecule has 1 aliphatic heterocycles. The number of rotatable bonds is 2. The minimum atomic E-state index is 0.578. The van der Waals surface area contributed by atoms with E-state index in [0.29, 0.717) is 12.1 Å². The number of imidazole rings is 1. The zero-order valence-electron chi connectivity index (χ0n) is 9.77. The van der Waals surface area contributed by atoms with E-state index in [1.807, 2.05) is 12.4 Å². The summed E-state index contributed by atoms with van der Waals surface area (Å²) < 4.78 is 2.09. The Bertz CT molecular complexity index is 310. The van der Waals surface area contributed by atoms with Crippen LogP contribution in [0.15, 0.2) is 12.4 Å². The van der Waals surface area contributed by atoms with E-state index in [-0.39, 0.29) is 0 Å². The van der Waals surface area contributed by atoms with Crippen molar-refractivity contribution in [3.05, 3.63) is 18.2 Å². The second-order valence-corrected chi connectivity index (χ2v) is 4.62. The van der Waals surface area contributed by atoms with Crippen molar-refractivity contribution in [2.45, 2.75) is 32.5 Å². The molecule has 2 unspecified atom stereocenters. The molecule has 0 aliphatic carbocycles. The van der Waals surface area contributed by atoms with Gasteiger partial charge in [0.2, 0.25) is 0 Å². The van der Waals surface area contributed by atoms with Gasteiger partial charge in [0.25, 0.3) is 0 Å². The number of nitrogens with one attached hydrogen (secondary N) is 1. The van der Waals surface area contributed by atoms with Gasteiger partial charge in [0, 0.05) is 44.6 Å². The van der Waals surface area contributed by atoms with Gasteiger partial charge in [-0.1, -0.05) is 0 Å². The van der Waals surface area contributed by atoms with Crippen LogP contribution in [0, 0.1) is 0 Å². The van der Waals surface area contributed by atoms with E-state index < -0.39 is 0 Å². The van der Waals surface area contributed by atoms with Crippen molar-refractivity contribution < 1.29 is 0 Å². The first kappa shape index (κ1) is 10.6. The molecule has 1 aromatic rings. The van der Waals surface area contributed by atoms with E-state index in [9.17, 15) is 0 Å². The summed E-state index contributed by atoms with van der Waals surface area (Å²) in [5, 5.41) is 3.53. The third-order valence-electron chi connectivity index (χ3n) is 2.92. The molecule has 0 radical (unpaired) electrons. The highest BCUT2D eigenvalue weighted by Crippen LogP contribution is 2.08. The van der Waals surface area contributed by atoms with Gasteiger partial charge in [-0.05, 0) is 13.8 Å². The highest BCUT2D eigenvalue weighted by molar-refractivity contribution is 4.93. The first-order valence-corrected chi connectivity index (χ1v) is 5.59. The Morgan fingerprint density at radius 1 is 1.40 bits per heavy atom. The monoisotopic (exact) mass is 208 g/mol. The molecule has 0 aromatic carbocycles. The number of hydrogen-bond donors (Lipinski definition) is 1. The van der Waals surface area contributed by atoms with Gasteiger partial charge in [-0.3, -0.25) is 4.90 Å². The number of piperazine rings is 1. The van der Waals surface area contributed by atoms with Crippen LogP contribution >= 0.6 is 0 Å². The minimum Gasteiger partial charge on any atom is -0.337 e. The van der Waals surface area contributed by atoms with Crippen molar-refractivity contribution >= 4 is 0 Å². The number of aromatic nitrogens is 2. The molecule has 4 nitrogen and oxygen atoms in total. The van der Waals surface area contributed by atoms with Gasteiger partial charge in [0.05, 0.1) is 6.54 Å². The fraction of sp³-hybridized carbons (Fsp3) is 0.727. The predicted molar refractivity (Wildman–Crippen MR) is 60.5 cm³/mol. The molecular weight excluding hydrogens is 188 g/mol. The van der Waals surface area contributed by atoms with E-state index in [0.717, 1.165) is 25.5 Å². The Morgan fingerprint density at radius 2 is 2.07 bits per heavy atom. The highest BCUT2D eigenvalue weighted by atomic mass is 15.2. The van der Waals surface area contributed by atoms with Crippen molar-refractivity contribution in [1.29, 1.82) is 0 Å². The van der Waals surface area contributed by atoms with Gasteiger partial charge in [-0.25, -0.2) is 4.98 Å². The fourth-order valence-electron chi connectivity index (χ4n) is 2.32. The Hall–Kier alpha value is -0.870. The predicted octanol–water partition coefficient (Wildman–Crippen LogP) is 0.602. The number of nitrogens with zero attached hydrogens (tertiary/aromatic N) is 3. The number of hydrogen-bond acceptors (Lipinski definition) is 3. The van der Waals surface area contributed by atoms with Crippen molar-refractivity contribution in [3.8, 4) is 0 Å². The van der Waals surface area contributed by atoms with Crippen molar-refractivity contribution in [1.82, 2.24) is 19.8 Å². The molecule has 2 atom stereocenters. The van der Waals surface area contributed by atoms with Crippen LogP contribution in [-0.2, 0) is 13.6 Å². The Kier molecular flexibility index (Phi) is 3.07. The number of aryl methyl sites for hydroxylation is 1. The molecule has 0 spiro atoms. The quantitative estimate of drug-likeness (QED) is 0.772. The summed E-state index contributed by atoms with van der Waals surface area (Å²) in [4.78, 5) is 6.83. The summed E-state index contributed by atoms with van der Waals surface area (Å²) in [6.45, 7) is 7.65. The lowest BCUT2D eigenvalue weighted by molar-refractivity contribution is 0.162. The molecule has 15 heavy (non-hydrogen) atoms. The fourth-order valence-corrected chi connectivity index (χ4v) is 2.32. The Balaban J connectivity index is 1.97. The van der Waals surface area contributed by atoms with Gasteiger partial charge in [-0.2, -0.15) is 0 Å². The van der Waals surface area contributed by atoms with Crippen LogP contribution in [0.25, 0.3) is 0 Å². The molecule has 0 bridgehead atoms. The van der Waals surface area contributed by atoms with Crippen molar-refractivity contribution in [2.24, 2.45) is 7.05 Å². The lowest BCUT2D eigenvalue weighted by Gasteiger charge is -2.35. The molecule has 0 amide bonds. The van der Waals surface area contributed by atoms with Gasteiger partial charge in [0.1, 0.15) is 5.82 Å². The lowest BCUT2D eigenvalue weighted by atomic mass is 10.1. The summed E-state index contributed by atoms with van der Waals surface area (Å²) >= 11 is 0. The zero-order chi connectivity index (χ0) is 10.8. The van der Waals surface area contributed by atoms with Crippen LogP contribution in [0.3, 0.4) is 0 Å². The second kappa shape index (κ2) is 4.33. The minimum absolute atomic E-state index is 0.578. The Morgan fingerprint density at radius 3 is 2.60 bits per heavy atom. The van der Waals surface area contributed by atoms with Crippen LogP contribution in [0.5, 0.6) is 0 Å². The molecule has 1 saturated heterocycles. The maximum absolute atomic E-state index is 4.36. The molecule has 2 rings (SSSR count). The van der Waals surface area contributed by atoms with E-state index in [1.165, 1.54) is 0 Å². The first-order chi connectivity index (χ1) is 7.15. The molecule has 1 aliphatic rings. The lowest BCUT2D eigenvalue weighted by Crippen LogP contribution is -2.53. The van der Waals surface area contributed by atoms with E-state index >= 15 is 0 Å². The average molecular weight is 208 g/mol. The molecule has 84 valence electrons. The standard InChI is InChI=1S/C11H20N4/c1-9-6-15(7-10(2)13-9)8-11-12-4-5-14(11)3/h4-5,9-10,13H,6-8H2,1-3H3. The molecular formula is C11H20N4. The van der Waals surface area contributed by atoms with Crippen LogP contribution < -0.4 is 5.32 Å². The van der Waals surface area contributed by atoms with Crippen molar-refractivity contribution in [3.63, 3.8) is 0 Å². The van der Waals surface area contributed by atoms with Crippen LogP contribution in [0.1, 0.15) is 19.7 Å². The third-order valence-corrected chi connectivity index (χ3v) is 2.92. The van der Waals surface area contributed by atoms with E-state index in [4.69, 9.17) is 0 Å². The summed E-state index contributed by atoms with van der Waals surface area (Å²) in [6, 6.07) is 1.16. The zero-order valence-corrected chi connectivity index (χ0v) is 9.77. The van der Waals surface area contributed by atoms with Crippen LogP contribution in [0.2, 0.25) is 0 Å². The summed E-state index contributed by atoms with van der Waals surface area (Å²) in [5.74, 6) is 1.15. The smallest absolute Gasteiger partial charge is 0.122 e. The van der Waals surface area contributed by atoms with Gasteiger partial charge in [0.15, 0.2) is 0 Å². The summed E-state index contributed by atoms with van der Waals surface area (Å²) in [5.41, 5.74) is 0. The highest BCUT2D eigenvalue weighted by Gasteiger charge is 2.21. The maximum atomic E-state index is 4.36. The SMILES string of the molecule is CC1CN(Cc2nccn2C)CC(C)N1. The largest absolute Gasteiger partial charge is 0.337 e. The topological polar surface area (TPSA) is 33.1 Å². The molecule has 2 heterocycles. The van der Waals surface area contributed by atoms with Gasteiger partial charge in [-0.15, -0.1) is 0 Å². The van der Waals surface area contributed by atoms with Crippen LogP contribution in [0.4, 0.5) is 0 Å². The van der Waals surface area contributed by atoms with E-state index in [2.05, 4.69) is 40.7 Å². The maximum Gasteiger partial charge on any atom is 0.122 e. The summed E-state index contributed by atoms with van der Waals surface area (Å²) in [7, 11) is 2.05. The second-order valence-electron chi connectivity index (χ2n) is 4.62. The summed E-state index contributed by atoms with van der Waals surface area (Å²) in [6.07, 6.45) is 3.87. The molecule has 1 N–H and O–H groups in total. The average Bonchev–Trinajstić information content (AvgIpc) is 2.50. The van der Waals surface area contributed by atoms with Crippen molar-refractivity contribution in [2.75, 3.05) is 13.1 Å². The Labute approximate surface area is 91.3 Å².